The van der Waals surface area contributed by atoms with Crippen molar-refractivity contribution in [2.75, 3.05) is 13.2 Å². The summed E-state index contributed by atoms with van der Waals surface area (Å²) in [7, 11) is 0. The Morgan fingerprint density at radius 3 is 1.37 bits per heavy atom. The van der Waals surface area contributed by atoms with Gasteiger partial charge in [0.25, 0.3) is 0 Å². The van der Waals surface area contributed by atoms with Crippen LogP contribution in [0.4, 0.5) is 0 Å². The summed E-state index contributed by atoms with van der Waals surface area (Å²) >= 11 is 0. The molecule has 6 nitrogen and oxygen atoms in total. The number of carbonyl (C=O) groups is 3. The Morgan fingerprint density at radius 2 is 0.865 bits per heavy atom. The molecule has 0 spiro atoms. The van der Waals surface area contributed by atoms with Gasteiger partial charge in [-0.2, -0.15) is 0 Å². The lowest BCUT2D eigenvalue weighted by Gasteiger charge is -2.18. The monoisotopic (exact) mass is 723 g/mol. The van der Waals surface area contributed by atoms with Gasteiger partial charge in [-0.25, -0.2) is 4.79 Å². The van der Waals surface area contributed by atoms with E-state index in [1.54, 1.807) is 6.07 Å². The lowest BCUT2D eigenvalue weighted by atomic mass is 10.0. The number of esters is 3. The third kappa shape index (κ3) is 22.9. The molecule has 1 unspecified atom stereocenters. The van der Waals surface area contributed by atoms with Gasteiger partial charge in [-0.3, -0.25) is 9.59 Å². The largest absolute Gasteiger partial charge is 0.462 e. The van der Waals surface area contributed by atoms with E-state index in [4.69, 9.17) is 14.2 Å². The van der Waals surface area contributed by atoms with Crippen molar-refractivity contribution in [2.24, 2.45) is 0 Å². The first kappa shape index (κ1) is 45.3. The maximum absolute atomic E-state index is 13.1. The summed E-state index contributed by atoms with van der Waals surface area (Å²) < 4.78 is 16.9. The third-order valence-electron chi connectivity index (χ3n) is 10.1. The Labute approximate surface area is 317 Å². The van der Waals surface area contributed by atoms with Crippen molar-refractivity contribution in [3.05, 3.63) is 48.0 Å². The van der Waals surface area contributed by atoms with Crippen molar-refractivity contribution in [3.8, 4) is 0 Å². The van der Waals surface area contributed by atoms with Crippen LogP contribution in [0.5, 0.6) is 0 Å². The first-order valence-corrected chi connectivity index (χ1v) is 21.5. The molecule has 0 amide bonds. The molecule has 0 saturated carbocycles. The fourth-order valence-electron chi connectivity index (χ4n) is 6.84. The van der Waals surface area contributed by atoms with Crippen LogP contribution in [0.25, 0.3) is 10.8 Å². The molecule has 0 aromatic heterocycles. The molecule has 0 saturated heterocycles. The molecule has 294 valence electrons. The fourth-order valence-corrected chi connectivity index (χ4v) is 6.84. The van der Waals surface area contributed by atoms with Gasteiger partial charge in [0.2, 0.25) is 0 Å². The third-order valence-corrected chi connectivity index (χ3v) is 10.1. The van der Waals surface area contributed by atoms with E-state index in [2.05, 4.69) is 13.8 Å². The van der Waals surface area contributed by atoms with Gasteiger partial charge >= 0.3 is 17.9 Å². The summed E-state index contributed by atoms with van der Waals surface area (Å²) in [6.45, 7) is 4.23. The maximum atomic E-state index is 13.1. The molecule has 52 heavy (non-hydrogen) atoms. The van der Waals surface area contributed by atoms with E-state index < -0.39 is 12.1 Å². The molecule has 2 aromatic rings. The Bertz CT molecular complexity index is 1190. The summed E-state index contributed by atoms with van der Waals surface area (Å²) in [5.41, 5.74) is 0.453. The van der Waals surface area contributed by atoms with Crippen molar-refractivity contribution in [2.45, 2.75) is 200 Å². The Balaban J connectivity index is 1.68. The molecule has 0 bridgehead atoms. The highest BCUT2D eigenvalue weighted by atomic mass is 16.6. The highest BCUT2D eigenvalue weighted by molar-refractivity contribution is 6.04. The Kier molecular flexibility index (Phi) is 27.5. The van der Waals surface area contributed by atoms with Crippen molar-refractivity contribution < 1.29 is 28.6 Å². The lowest BCUT2D eigenvalue weighted by molar-refractivity contribution is -0.161. The van der Waals surface area contributed by atoms with Crippen LogP contribution in [0, 0.1) is 0 Å². The highest BCUT2D eigenvalue weighted by Crippen LogP contribution is 2.20. The summed E-state index contributed by atoms with van der Waals surface area (Å²) in [4.78, 5) is 38.4. The van der Waals surface area contributed by atoms with Gasteiger partial charge in [0.15, 0.2) is 6.10 Å². The first-order valence-electron chi connectivity index (χ1n) is 21.5. The van der Waals surface area contributed by atoms with Crippen molar-refractivity contribution in [1.82, 2.24) is 0 Å². The van der Waals surface area contributed by atoms with Gasteiger partial charge < -0.3 is 14.2 Å². The molecule has 0 fully saturated rings. The van der Waals surface area contributed by atoms with Crippen molar-refractivity contribution in [1.29, 1.82) is 0 Å². The number of rotatable bonds is 34. The van der Waals surface area contributed by atoms with E-state index in [9.17, 15) is 14.4 Å². The maximum Gasteiger partial charge on any atom is 0.338 e. The van der Waals surface area contributed by atoms with Crippen LogP contribution in [0.3, 0.4) is 0 Å². The average molecular weight is 723 g/mol. The predicted octanol–water partition coefficient (Wildman–Crippen LogP) is 13.4. The minimum atomic E-state index is -0.844. The van der Waals surface area contributed by atoms with Gasteiger partial charge in [0, 0.05) is 12.8 Å². The molecule has 0 aliphatic carbocycles. The van der Waals surface area contributed by atoms with Crippen LogP contribution in [0.15, 0.2) is 42.5 Å². The van der Waals surface area contributed by atoms with Crippen molar-refractivity contribution in [3.63, 3.8) is 0 Å². The van der Waals surface area contributed by atoms with Crippen LogP contribution >= 0.6 is 0 Å². The lowest BCUT2D eigenvalue weighted by Crippen LogP contribution is -2.31. The summed E-state index contributed by atoms with van der Waals surface area (Å²) in [6.07, 6.45) is 32.1. The number of hydrogen-bond acceptors (Lipinski definition) is 6. The second-order valence-electron chi connectivity index (χ2n) is 14.9. The summed E-state index contributed by atoms with van der Waals surface area (Å²) in [6, 6.07) is 13.2. The number of benzene rings is 2. The topological polar surface area (TPSA) is 78.9 Å². The molecule has 0 radical (unpaired) electrons. The molecular weight excluding hydrogens is 648 g/mol. The van der Waals surface area contributed by atoms with E-state index in [0.29, 0.717) is 18.4 Å². The van der Waals surface area contributed by atoms with E-state index >= 15 is 0 Å². The second-order valence-corrected chi connectivity index (χ2v) is 14.9. The van der Waals surface area contributed by atoms with Crippen LogP contribution in [0.1, 0.15) is 204 Å². The number of fused-ring (bicyclic) bond motifs is 1. The zero-order valence-electron chi connectivity index (χ0n) is 33.3. The normalized spacial score (nSPS) is 11.8. The van der Waals surface area contributed by atoms with Gasteiger partial charge in [-0.15, -0.1) is 0 Å². The summed E-state index contributed by atoms with van der Waals surface area (Å²) in [5.74, 6) is -1.14. The van der Waals surface area contributed by atoms with Crippen LogP contribution in [0.2, 0.25) is 0 Å². The quantitative estimate of drug-likeness (QED) is 0.0406. The highest BCUT2D eigenvalue weighted by Gasteiger charge is 2.21. The number of unbranched alkanes of at least 4 members (excludes halogenated alkanes) is 24. The standard InChI is InChI=1S/C46H74O6/c1-3-5-7-9-11-13-15-17-19-21-23-25-27-36-44(47)50-38-41(39-51-46(49)43-35-31-33-40-32-29-30-34-42(40)43)52-45(48)37-28-26-24-22-20-18-16-14-12-10-8-6-4-2/h29-35,41H,3-28,36-39H2,1-2H3. The van der Waals surface area contributed by atoms with Gasteiger partial charge in [0.05, 0.1) is 5.56 Å². The molecule has 0 aliphatic rings. The number of ether oxygens (including phenoxy) is 3. The summed E-state index contributed by atoms with van der Waals surface area (Å²) in [5, 5.41) is 1.75. The van der Waals surface area contributed by atoms with Crippen molar-refractivity contribution >= 4 is 28.7 Å². The van der Waals surface area contributed by atoms with E-state index in [0.717, 1.165) is 49.3 Å². The molecule has 0 N–H and O–H groups in total. The molecule has 6 heteroatoms. The van der Waals surface area contributed by atoms with Gasteiger partial charge in [-0.1, -0.05) is 204 Å². The van der Waals surface area contributed by atoms with Gasteiger partial charge in [0.1, 0.15) is 13.2 Å². The first-order chi connectivity index (χ1) is 25.5. The van der Waals surface area contributed by atoms with Crippen LogP contribution in [-0.2, 0) is 23.8 Å². The zero-order valence-corrected chi connectivity index (χ0v) is 33.3. The predicted molar refractivity (Wildman–Crippen MR) is 216 cm³/mol. The minimum absolute atomic E-state index is 0.121. The van der Waals surface area contributed by atoms with Crippen LogP contribution < -0.4 is 0 Å². The fraction of sp³-hybridized carbons (Fsp3) is 0.717. The van der Waals surface area contributed by atoms with Crippen LogP contribution in [-0.4, -0.2) is 37.2 Å². The zero-order chi connectivity index (χ0) is 37.3. The molecule has 0 aliphatic heterocycles. The van der Waals surface area contributed by atoms with E-state index in [1.165, 1.54) is 128 Å². The second kappa shape index (κ2) is 31.6. The molecule has 2 aromatic carbocycles. The average Bonchev–Trinajstić information content (AvgIpc) is 3.16. The number of hydrogen-bond donors (Lipinski definition) is 0. The van der Waals surface area contributed by atoms with Gasteiger partial charge in [-0.05, 0) is 29.7 Å². The SMILES string of the molecule is CCCCCCCCCCCCCCCC(=O)OCC(COC(=O)c1cccc2ccccc12)OC(=O)CCCCCCCCCCCCCCC. The molecular formula is C46H74O6. The number of carbonyl (C=O) groups excluding carboxylic acids is 3. The smallest absolute Gasteiger partial charge is 0.338 e. The minimum Gasteiger partial charge on any atom is -0.462 e. The Hall–Kier alpha value is -2.89. The Morgan fingerprint density at radius 1 is 0.462 bits per heavy atom. The molecule has 2 rings (SSSR count). The van der Waals surface area contributed by atoms with E-state index in [-0.39, 0.29) is 25.2 Å². The van der Waals surface area contributed by atoms with E-state index in [1.807, 2.05) is 36.4 Å². The molecule has 0 heterocycles. The molecule has 1 atom stereocenters.